The normalized spacial score (nSPS) is 20.0. The van der Waals surface area contributed by atoms with Crippen LogP contribution in [0.2, 0.25) is 0 Å². The Morgan fingerprint density at radius 2 is 1.97 bits per heavy atom. The second-order valence-corrected chi connectivity index (χ2v) is 8.42. The van der Waals surface area contributed by atoms with Gasteiger partial charge in [-0.3, -0.25) is 9.79 Å². The first-order valence-corrected chi connectivity index (χ1v) is 11.0. The van der Waals surface area contributed by atoms with Crippen LogP contribution in [0.1, 0.15) is 51.5 Å². The summed E-state index contributed by atoms with van der Waals surface area (Å²) >= 11 is 0. The van der Waals surface area contributed by atoms with Gasteiger partial charge in [0.2, 0.25) is 5.91 Å². The minimum atomic E-state index is 0. The summed E-state index contributed by atoms with van der Waals surface area (Å²) in [7, 11) is 1.79. The third-order valence-electron chi connectivity index (χ3n) is 5.76. The summed E-state index contributed by atoms with van der Waals surface area (Å²) in [6.45, 7) is 8.36. The van der Waals surface area contributed by atoms with Gasteiger partial charge in [-0.1, -0.05) is 26.7 Å². The first-order chi connectivity index (χ1) is 14.1. The Morgan fingerprint density at radius 1 is 1.23 bits per heavy atom. The zero-order valence-corrected chi connectivity index (χ0v) is 20.9. The lowest BCUT2D eigenvalue weighted by Crippen LogP contribution is -2.45. The van der Waals surface area contributed by atoms with Gasteiger partial charge in [-0.15, -0.1) is 24.0 Å². The van der Waals surface area contributed by atoms with Crippen LogP contribution in [-0.4, -0.2) is 61.0 Å². The van der Waals surface area contributed by atoms with Crippen molar-refractivity contribution in [3.05, 3.63) is 23.9 Å². The smallest absolute Gasteiger partial charge is 0.225 e. The predicted molar refractivity (Wildman–Crippen MR) is 133 cm³/mol. The van der Waals surface area contributed by atoms with Crippen LogP contribution in [0.5, 0.6) is 0 Å². The Bertz CT molecular complexity index is 703. The SMILES string of the molecule is CN=C(NCc1ccnc(N2CCCCCC2)c1)NC1CCN(C(=O)C(C)C)C1.I. The summed E-state index contributed by atoms with van der Waals surface area (Å²) in [5.74, 6) is 2.14. The third-order valence-corrected chi connectivity index (χ3v) is 5.76. The number of hydrogen-bond acceptors (Lipinski definition) is 4. The number of hydrogen-bond donors (Lipinski definition) is 2. The molecule has 7 nitrogen and oxygen atoms in total. The van der Waals surface area contributed by atoms with Crippen molar-refractivity contribution in [1.82, 2.24) is 20.5 Å². The molecule has 1 aromatic rings. The van der Waals surface area contributed by atoms with Crippen LogP contribution in [0.3, 0.4) is 0 Å². The van der Waals surface area contributed by atoms with E-state index in [9.17, 15) is 4.79 Å². The number of likely N-dealkylation sites (tertiary alicyclic amines) is 1. The van der Waals surface area contributed by atoms with E-state index in [2.05, 4.69) is 37.6 Å². The minimum Gasteiger partial charge on any atom is -0.357 e. The van der Waals surface area contributed by atoms with E-state index in [-0.39, 0.29) is 41.8 Å². The third kappa shape index (κ3) is 6.99. The van der Waals surface area contributed by atoms with Crippen LogP contribution >= 0.6 is 24.0 Å². The highest BCUT2D eigenvalue weighted by molar-refractivity contribution is 14.0. The molecule has 1 atom stereocenters. The van der Waals surface area contributed by atoms with Gasteiger partial charge >= 0.3 is 0 Å². The van der Waals surface area contributed by atoms with E-state index < -0.39 is 0 Å². The quantitative estimate of drug-likeness (QED) is 0.350. The summed E-state index contributed by atoms with van der Waals surface area (Å²) in [5, 5.41) is 6.88. The van der Waals surface area contributed by atoms with Crippen LogP contribution in [0.4, 0.5) is 5.82 Å². The maximum absolute atomic E-state index is 12.2. The highest BCUT2D eigenvalue weighted by atomic mass is 127. The van der Waals surface area contributed by atoms with Crippen LogP contribution in [0.15, 0.2) is 23.3 Å². The first kappa shape index (κ1) is 24.7. The summed E-state index contributed by atoms with van der Waals surface area (Å²) in [6, 6.07) is 4.48. The number of carbonyl (C=O) groups excluding carboxylic acids is 1. The van der Waals surface area contributed by atoms with Gasteiger partial charge in [0.15, 0.2) is 5.96 Å². The lowest BCUT2D eigenvalue weighted by Gasteiger charge is -2.22. The molecule has 0 saturated carbocycles. The summed E-state index contributed by atoms with van der Waals surface area (Å²) in [6.07, 6.45) is 7.99. The second-order valence-electron chi connectivity index (χ2n) is 8.42. The van der Waals surface area contributed by atoms with E-state index in [0.29, 0.717) is 6.54 Å². The lowest BCUT2D eigenvalue weighted by atomic mass is 10.2. The largest absolute Gasteiger partial charge is 0.357 e. The lowest BCUT2D eigenvalue weighted by molar-refractivity contribution is -0.133. The van der Waals surface area contributed by atoms with Crippen molar-refractivity contribution in [2.75, 3.05) is 38.1 Å². The number of nitrogens with one attached hydrogen (secondary N) is 2. The van der Waals surface area contributed by atoms with Crippen molar-refractivity contribution in [2.45, 2.75) is 58.5 Å². The fraction of sp³-hybridized carbons (Fsp3) is 0.682. The summed E-state index contributed by atoms with van der Waals surface area (Å²) < 4.78 is 0. The van der Waals surface area contributed by atoms with E-state index in [4.69, 9.17) is 0 Å². The molecule has 3 rings (SSSR count). The minimum absolute atomic E-state index is 0. The number of aromatic nitrogens is 1. The Balaban J connectivity index is 0.00000320. The molecule has 1 unspecified atom stereocenters. The van der Waals surface area contributed by atoms with Crippen molar-refractivity contribution in [3.8, 4) is 0 Å². The van der Waals surface area contributed by atoms with E-state index in [0.717, 1.165) is 44.4 Å². The molecule has 2 saturated heterocycles. The number of guanidine groups is 1. The molecule has 2 fully saturated rings. The van der Waals surface area contributed by atoms with Gasteiger partial charge in [0.05, 0.1) is 0 Å². The van der Waals surface area contributed by atoms with Crippen LogP contribution in [0, 0.1) is 5.92 Å². The molecule has 0 aliphatic carbocycles. The van der Waals surface area contributed by atoms with Crippen LogP contribution in [0.25, 0.3) is 0 Å². The topological polar surface area (TPSA) is 72.9 Å². The highest BCUT2D eigenvalue weighted by Gasteiger charge is 2.27. The Morgan fingerprint density at radius 3 is 2.63 bits per heavy atom. The average molecular weight is 528 g/mol. The van der Waals surface area contributed by atoms with Gasteiger partial charge in [-0.05, 0) is 37.0 Å². The summed E-state index contributed by atoms with van der Waals surface area (Å²) in [5.41, 5.74) is 1.20. The molecule has 168 valence electrons. The molecule has 2 aliphatic heterocycles. The van der Waals surface area contributed by atoms with Crippen molar-refractivity contribution in [1.29, 1.82) is 0 Å². The first-order valence-electron chi connectivity index (χ1n) is 11.0. The Labute approximate surface area is 198 Å². The van der Waals surface area contributed by atoms with Crippen molar-refractivity contribution in [2.24, 2.45) is 10.9 Å². The number of carbonyl (C=O) groups is 1. The average Bonchev–Trinajstić information content (AvgIpc) is 3.02. The summed E-state index contributed by atoms with van der Waals surface area (Å²) in [4.78, 5) is 25.5. The number of nitrogens with zero attached hydrogens (tertiary/aromatic N) is 4. The predicted octanol–water partition coefficient (Wildman–Crippen LogP) is 3.00. The molecular formula is C22H37IN6O. The highest BCUT2D eigenvalue weighted by Crippen LogP contribution is 2.18. The molecular weight excluding hydrogens is 491 g/mol. The fourth-order valence-corrected chi connectivity index (χ4v) is 4.06. The van der Waals surface area contributed by atoms with Gasteiger partial charge < -0.3 is 20.4 Å². The zero-order chi connectivity index (χ0) is 20.6. The van der Waals surface area contributed by atoms with Crippen LogP contribution < -0.4 is 15.5 Å². The second kappa shape index (κ2) is 12.3. The number of anilines is 1. The van der Waals surface area contributed by atoms with Gasteiger partial charge in [-0.2, -0.15) is 0 Å². The molecule has 8 heteroatoms. The standard InChI is InChI=1S/C22H36N6O.HI/c1-17(2)21(29)28-13-9-19(16-28)26-22(23-3)25-15-18-8-10-24-20(14-18)27-11-6-4-5-7-12-27;/h8,10,14,17,19H,4-7,9,11-13,15-16H2,1-3H3,(H2,23,25,26);1H. The van der Waals surface area contributed by atoms with Gasteiger partial charge in [0.25, 0.3) is 0 Å². The van der Waals surface area contributed by atoms with Gasteiger partial charge in [0, 0.05) is 57.9 Å². The maximum atomic E-state index is 12.2. The molecule has 3 heterocycles. The van der Waals surface area contributed by atoms with E-state index in [1.165, 1.54) is 31.2 Å². The van der Waals surface area contributed by atoms with Crippen molar-refractivity contribution in [3.63, 3.8) is 0 Å². The molecule has 0 spiro atoms. The molecule has 1 aromatic heterocycles. The molecule has 2 N–H and O–H groups in total. The number of pyridine rings is 1. The monoisotopic (exact) mass is 528 g/mol. The number of halogens is 1. The van der Waals surface area contributed by atoms with Gasteiger partial charge in [0.1, 0.15) is 5.82 Å². The zero-order valence-electron chi connectivity index (χ0n) is 18.6. The van der Waals surface area contributed by atoms with Crippen LogP contribution in [-0.2, 0) is 11.3 Å². The fourth-order valence-electron chi connectivity index (χ4n) is 4.06. The molecule has 2 aliphatic rings. The maximum Gasteiger partial charge on any atom is 0.225 e. The Kier molecular flexibility index (Phi) is 10.1. The molecule has 30 heavy (non-hydrogen) atoms. The van der Waals surface area contributed by atoms with E-state index in [1.54, 1.807) is 7.05 Å². The van der Waals surface area contributed by atoms with E-state index >= 15 is 0 Å². The molecule has 0 bridgehead atoms. The number of amides is 1. The Hall–Kier alpha value is -1.58. The molecule has 0 radical (unpaired) electrons. The van der Waals surface area contributed by atoms with E-state index in [1.807, 2.05) is 24.9 Å². The molecule has 1 amide bonds. The molecule has 0 aromatic carbocycles. The number of rotatable bonds is 5. The van der Waals surface area contributed by atoms with Crippen molar-refractivity contribution >= 4 is 41.7 Å². The van der Waals surface area contributed by atoms with Crippen molar-refractivity contribution < 1.29 is 4.79 Å². The van der Waals surface area contributed by atoms with Gasteiger partial charge in [-0.25, -0.2) is 4.98 Å². The number of aliphatic imine (C=N–C) groups is 1.